The molecule has 0 nitrogen and oxygen atoms in total. The predicted octanol–water partition coefficient (Wildman–Crippen LogP) is 5.30. The number of hydrogen-bond donors (Lipinski definition) is 0. The van der Waals surface area contributed by atoms with Gasteiger partial charge in [-0.05, 0) is 23.4 Å². The van der Waals surface area contributed by atoms with Crippen LogP contribution in [0.3, 0.4) is 0 Å². The molecule has 110 valence electrons. The molecule has 0 aliphatic rings. The Morgan fingerprint density at radius 3 is 2.43 bits per heavy atom. The van der Waals surface area contributed by atoms with Gasteiger partial charge >= 0.3 is 0 Å². The van der Waals surface area contributed by atoms with Gasteiger partial charge in [-0.3, -0.25) is 0 Å². The maximum absolute atomic E-state index is 14.5. The van der Waals surface area contributed by atoms with E-state index in [1.165, 1.54) is 6.07 Å². The van der Waals surface area contributed by atoms with Gasteiger partial charge in [0.1, 0.15) is 19.7 Å². The zero-order valence-electron chi connectivity index (χ0n) is 13.0. The Morgan fingerprint density at radius 1 is 1.10 bits per heavy atom. The molecule has 0 fully saturated rings. The monoisotopic (exact) mass is 302 g/mol. The van der Waals surface area contributed by atoms with Gasteiger partial charge < -0.3 is 0 Å². The molecule has 0 spiro atoms. The number of fused-ring (bicyclic) bond motifs is 1. The molecular formula is C18H20F2Si. The molecule has 2 aromatic rings. The molecule has 2 aromatic carbocycles. The van der Waals surface area contributed by atoms with E-state index >= 15 is 0 Å². The molecule has 3 heteroatoms. The van der Waals surface area contributed by atoms with E-state index in [1.54, 1.807) is 6.07 Å². The average molecular weight is 302 g/mol. The van der Waals surface area contributed by atoms with Gasteiger partial charge in [-0.1, -0.05) is 57.1 Å². The second-order valence-corrected chi connectivity index (χ2v) is 11.1. The highest BCUT2D eigenvalue weighted by molar-refractivity contribution is 6.83. The Morgan fingerprint density at radius 2 is 1.81 bits per heavy atom. The van der Waals surface area contributed by atoms with Gasteiger partial charge in [0.2, 0.25) is 0 Å². The summed E-state index contributed by atoms with van der Waals surface area (Å²) in [6.45, 7) is 8.23. The summed E-state index contributed by atoms with van der Waals surface area (Å²) in [5.74, 6) is 1.60. The Kier molecular flexibility index (Phi) is 4.48. The fourth-order valence-electron chi connectivity index (χ4n) is 2.19. The zero-order valence-corrected chi connectivity index (χ0v) is 14.0. The largest absolute Gasteiger partial charge is 0.205 e. The van der Waals surface area contributed by atoms with E-state index in [2.05, 4.69) is 18.4 Å². The minimum Gasteiger partial charge on any atom is -0.205 e. The van der Waals surface area contributed by atoms with Crippen molar-refractivity contribution in [2.45, 2.75) is 39.4 Å². The lowest BCUT2D eigenvalue weighted by molar-refractivity contribution is 0.586. The first-order valence-corrected chi connectivity index (χ1v) is 10.8. The van der Waals surface area contributed by atoms with Crippen molar-refractivity contribution in [2.75, 3.05) is 0 Å². The predicted molar refractivity (Wildman–Crippen MR) is 88.1 cm³/mol. The molecule has 0 heterocycles. The van der Waals surface area contributed by atoms with E-state index in [4.69, 9.17) is 0 Å². The molecule has 0 bridgehead atoms. The quantitative estimate of drug-likeness (QED) is 0.521. The van der Waals surface area contributed by atoms with Crippen LogP contribution in [0.1, 0.15) is 24.5 Å². The van der Waals surface area contributed by atoms with Gasteiger partial charge in [-0.2, -0.15) is 0 Å². The number of halogens is 2. The first-order chi connectivity index (χ1) is 9.81. The maximum atomic E-state index is 14.5. The molecule has 0 aliphatic heterocycles. The average Bonchev–Trinajstić information content (AvgIpc) is 2.37. The summed E-state index contributed by atoms with van der Waals surface area (Å²) in [6, 6.07) is 6.89. The van der Waals surface area contributed by atoms with E-state index in [1.807, 2.05) is 31.8 Å². The van der Waals surface area contributed by atoms with Gasteiger partial charge in [0.15, 0.2) is 0 Å². The summed E-state index contributed by atoms with van der Waals surface area (Å²) in [5.41, 5.74) is 4.02. The molecule has 0 radical (unpaired) electrons. The van der Waals surface area contributed by atoms with Crippen molar-refractivity contribution in [2.24, 2.45) is 0 Å². The van der Waals surface area contributed by atoms with Crippen LogP contribution >= 0.6 is 0 Å². The summed E-state index contributed by atoms with van der Waals surface area (Å²) in [5, 5.41) is 1.05. The van der Waals surface area contributed by atoms with Gasteiger partial charge in [-0.15, -0.1) is 5.54 Å². The molecule has 0 saturated heterocycles. The summed E-state index contributed by atoms with van der Waals surface area (Å²) in [4.78, 5) is 0. The molecule has 0 amide bonds. The third-order valence-corrected chi connectivity index (χ3v) is 4.07. The smallest absolute Gasteiger partial charge is 0.149 e. The van der Waals surface area contributed by atoms with Crippen LogP contribution in [-0.2, 0) is 6.42 Å². The fraction of sp³-hybridized carbons (Fsp3) is 0.333. The first-order valence-electron chi connectivity index (χ1n) is 7.25. The third-order valence-electron chi connectivity index (χ3n) is 3.19. The SMILES string of the molecule is CCCc1ccc2c(F)c(C#C[Si](C)(C)C)c(F)cc2c1. The number of benzene rings is 2. The Labute approximate surface area is 126 Å². The van der Waals surface area contributed by atoms with Crippen molar-refractivity contribution >= 4 is 18.8 Å². The normalized spacial score (nSPS) is 11.3. The highest BCUT2D eigenvalue weighted by atomic mass is 28.3. The van der Waals surface area contributed by atoms with Crippen LogP contribution in [0.25, 0.3) is 10.8 Å². The lowest BCUT2D eigenvalue weighted by Gasteiger charge is -2.07. The zero-order chi connectivity index (χ0) is 15.6. The molecule has 0 atom stereocenters. The van der Waals surface area contributed by atoms with Gasteiger partial charge in [0.25, 0.3) is 0 Å². The summed E-state index contributed by atoms with van der Waals surface area (Å²) in [7, 11) is -1.67. The van der Waals surface area contributed by atoms with Crippen molar-refractivity contribution in [1.29, 1.82) is 0 Å². The highest BCUT2D eigenvalue weighted by Gasteiger charge is 2.14. The van der Waals surface area contributed by atoms with Gasteiger partial charge in [0, 0.05) is 5.39 Å². The van der Waals surface area contributed by atoms with Gasteiger partial charge in [-0.25, -0.2) is 8.78 Å². The molecular weight excluding hydrogens is 282 g/mol. The van der Waals surface area contributed by atoms with Crippen LogP contribution in [0.5, 0.6) is 0 Å². The van der Waals surface area contributed by atoms with E-state index in [0.29, 0.717) is 10.8 Å². The highest BCUT2D eigenvalue weighted by Crippen LogP contribution is 2.25. The van der Waals surface area contributed by atoms with Crippen molar-refractivity contribution in [3.8, 4) is 11.5 Å². The second kappa shape index (κ2) is 5.99. The number of aryl methyl sites for hydroxylation is 1. The van der Waals surface area contributed by atoms with E-state index in [0.717, 1.165) is 18.4 Å². The van der Waals surface area contributed by atoms with Crippen LogP contribution in [0.2, 0.25) is 19.6 Å². The Bertz CT molecular complexity index is 731. The van der Waals surface area contributed by atoms with Crippen LogP contribution in [0.4, 0.5) is 8.78 Å². The molecule has 2 rings (SSSR count). The molecule has 0 saturated carbocycles. The number of rotatable bonds is 2. The van der Waals surface area contributed by atoms with Crippen molar-refractivity contribution < 1.29 is 8.78 Å². The lowest BCUT2D eigenvalue weighted by atomic mass is 10.0. The van der Waals surface area contributed by atoms with E-state index in [9.17, 15) is 8.78 Å². The van der Waals surface area contributed by atoms with Crippen LogP contribution in [-0.4, -0.2) is 8.07 Å². The third kappa shape index (κ3) is 3.71. The minimum absolute atomic E-state index is 0.104. The number of hydrogen-bond acceptors (Lipinski definition) is 0. The van der Waals surface area contributed by atoms with E-state index in [-0.39, 0.29) is 5.56 Å². The molecule has 0 aliphatic carbocycles. The van der Waals surface area contributed by atoms with Crippen LogP contribution in [0, 0.1) is 23.1 Å². The molecule has 0 unspecified atom stereocenters. The fourth-order valence-corrected chi connectivity index (χ4v) is 2.69. The molecule has 21 heavy (non-hydrogen) atoms. The van der Waals surface area contributed by atoms with Gasteiger partial charge in [0.05, 0.1) is 5.56 Å². The maximum Gasteiger partial charge on any atom is 0.149 e. The second-order valence-electron chi connectivity index (χ2n) is 6.35. The first kappa shape index (κ1) is 15.7. The van der Waals surface area contributed by atoms with Crippen LogP contribution in [0.15, 0.2) is 24.3 Å². The Hall–Kier alpha value is -1.66. The minimum atomic E-state index is -1.67. The summed E-state index contributed by atoms with van der Waals surface area (Å²) in [6.07, 6.45) is 1.92. The summed E-state index contributed by atoms with van der Waals surface area (Å²) >= 11 is 0. The molecule has 0 N–H and O–H groups in total. The topological polar surface area (TPSA) is 0 Å². The van der Waals surface area contributed by atoms with Crippen LogP contribution < -0.4 is 0 Å². The van der Waals surface area contributed by atoms with Crippen molar-refractivity contribution in [3.63, 3.8) is 0 Å². The van der Waals surface area contributed by atoms with E-state index < -0.39 is 19.7 Å². The lowest BCUT2D eigenvalue weighted by Crippen LogP contribution is -2.16. The molecule has 0 aromatic heterocycles. The standard InChI is InChI=1S/C18H20F2Si/c1-5-6-13-7-8-15-14(11-13)12-17(19)16(18(15)20)9-10-21(2,3)4/h7-8,11-12H,5-6H2,1-4H3. The van der Waals surface area contributed by atoms with Crippen molar-refractivity contribution in [3.05, 3.63) is 47.0 Å². The van der Waals surface area contributed by atoms with Crippen molar-refractivity contribution in [1.82, 2.24) is 0 Å². The summed E-state index contributed by atoms with van der Waals surface area (Å²) < 4.78 is 28.6. The Balaban J connectivity index is 2.59.